The number of hydrogen-bond acceptors (Lipinski definition) is 3. The van der Waals surface area contributed by atoms with E-state index in [1.54, 1.807) is 6.20 Å². The summed E-state index contributed by atoms with van der Waals surface area (Å²) in [6, 6.07) is 0. The Hall–Kier alpha value is -1.16. The Labute approximate surface area is 68.5 Å². The molecule has 0 saturated carbocycles. The van der Waals surface area contributed by atoms with Gasteiger partial charge in [-0.25, -0.2) is 9.36 Å². The summed E-state index contributed by atoms with van der Waals surface area (Å²) >= 11 is 1.44. The Balaban J connectivity index is 2.53. The summed E-state index contributed by atoms with van der Waals surface area (Å²) in [5, 5.41) is 1.99. The van der Waals surface area contributed by atoms with E-state index in [1.165, 1.54) is 11.5 Å². The average molecular weight is 165 g/mol. The Kier molecular flexibility index (Phi) is 1.47. The summed E-state index contributed by atoms with van der Waals surface area (Å²) in [5.74, 6) is 0.971. The van der Waals surface area contributed by atoms with E-state index in [4.69, 9.17) is 0 Å². The molecule has 4 heteroatoms. The summed E-state index contributed by atoms with van der Waals surface area (Å²) in [4.78, 5) is 4.19. The van der Waals surface area contributed by atoms with E-state index in [2.05, 4.69) is 9.36 Å². The van der Waals surface area contributed by atoms with E-state index in [0.717, 1.165) is 11.4 Å². The SMILES string of the molecule is Cn1ccnc1-c1cnsc1. The van der Waals surface area contributed by atoms with Crippen molar-refractivity contribution in [3.63, 3.8) is 0 Å². The molecule has 0 aliphatic heterocycles. The summed E-state index contributed by atoms with van der Waals surface area (Å²) in [6.45, 7) is 0. The highest BCUT2D eigenvalue weighted by Gasteiger charge is 2.02. The predicted octanol–water partition coefficient (Wildman–Crippen LogP) is 1.54. The van der Waals surface area contributed by atoms with Gasteiger partial charge in [0.2, 0.25) is 0 Å². The van der Waals surface area contributed by atoms with Crippen molar-refractivity contribution in [3.05, 3.63) is 24.0 Å². The Morgan fingerprint density at radius 3 is 3.00 bits per heavy atom. The molecule has 0 spiro atoms. The van der Waals surface area contributed by atoms with Gasteiger partial charge in [0.25, 0.3) is 0 Å². The number of hydrogen-bond donors (Lipinski definition) is 0. The fraction of sp³-hybridized carbons (Fsp3) is 0.143. The lowest BCUT2D eigenvalue weighted by atomic mass is 10.3. The second-order valence-electron chi connectivity index (χ2n) is 2.27. The average Bonchev–Trinajstić information content (AvgIpc) is 2.55. The zero-order valence-corrected chi connectivity index (χ0v) is 6.88. The van der Waals surface area contributed by atoms with Crippen molar-refractivity contribution in [3.8, 4) is 11.4 Å². The van der Waals surface area contributed by atoms with E-state index < -0.39 is 0 Å². The van der Waals surface area contributed by atoms with Crippen molar-refractivity contribution >= 4 is 11.5 Å². The molecule has 11 heavy (non-hydrogen) atoms. The molecule has 0 unspecified atom stereocenters. The number of imidazole rings is 1. The van der Waals surface area contributed by atoms with Gasteiger partial charge < -0.3 is 4.57 Å². The van der Waals surface area contributed by atoms with E-state index in [0.29, 0.717) is 0 Å². The number of aromatic nitrogens is 3. The maximum atomic E-state index is 4.19. The van der Waals surface area contributed by atoms with Crippen LogP contribution in [0.5, 0.6) is 0 Å². The summed E-state index contributed by atoms with van der Waals surface area (Å²) in [5.41, 5.74) is 1.09. The Morgan fingerprint density at radius 2 is 2.45 bits per heavy atom. The third-order valence-corrected chi connectivity index (χ3v) is 2.10. The summed E-state index contributed by atoms with van der Waals surface area (Å²) in [6.07, 6.45) is 5.53. The molecule has 2 aromatic rings. The summed E-state index contributed by atoms with van der Waals surface area (Å²) < 4.78 is 5.98. The van der Waals surface area contributed by atoms with Gasteiger partial charge in [0, 0.05) is 30.4 Å². The molecule has 3 nitrogen and oxygen atoms in total. The first kappa shape index (κ1) is 6.54. The van der Waals surface area contributed by atoms with Gasteiger partial charge in [0.1, 0.15) is 5.82 Å². The molecule has 0 aliphatic rings. The molecule has 0 bridgehead atoms. The minimum atomic E-state index is 0.971. The molecule has 56 valence electrons. The maximum absolute atomic E-state index is 4.19. The Morgan fingerprint density at radius 1 is 1.55 bits per heavy atom. The van der Waals surface area contributed by atoms with Crippen molar-refractivity contribution in [1.82, 2.24) is 13.9 Å². The fourth-order valence-corrected chi connectivity index (χ4v) is 1.47. The van der Waals surface area contributed by atoms with E-state index in [1.807, 2.05) is 29.4 Å². The van der Waals surface area contributed by atoms with E-state index >= 15 is 0 Å². The van der Waals surface area contributed by atoms with E-state index in [9.17, 15) is 0 Å². The monoisotopic (exact) mass is 165 g/mol. The van der Waals surface area contributed by atoms with Gasteiger partial charge >= 0.3 is 0 Å². The van der Waals surface area contributed by atoms with Crippen molar-refractivity contribution in [2.75, 3.05) is 0 Å². The highest BCUT2D eigenvalue weighted by Crippen LogP contribution is 2.16. The molecule has 0 N–H and O–H groups in total. The topological polar surface area (TPSA) is 30.7 Å². The van der Waals surface area contributed by atoms with Crippen LogP contribution in [0.2, 0.25) is 0 Å². The van der Waals surface area contributed by atoms with Gasteiger partial charge in [-0.1, -0.05) is 0 Å². The standard InChI is InChI=1S/C7H7N3S/c1-10-3-2-8-7(10)6-4-9-11-5-6/h2-5H,1H3. The zero-order chi connectivity index (χ0) is 7.68. The normalized spacial score (nSPS) is 10.3. The quantitative estimate of drug-likeness (QED) is 0.641. The molecule has 0 fully saturated rings. The van der Waals surface area contributed by atoms with Gasteiger partial charge in [-0.2, -0.15) is 0 Å². The molecule has 0 radical (unpaired) electrons. The highest BCUT2D eigenvalue weighted by atomic mass is 32.1. The number of nitrogens with zero attached hydrogens (tertiary/aromatic N) is 3. The van der Waals surface area contributed by atoms with Crippen molar-refractivity contribution < 1.29 is 0 Å². The van der Waals surface area contributed by atoms with Crippen LogP contribution in [-0.2, 0) is 7.05 Å². The molecular weight excluding hydrogens is 158 g/mol. The van der Waals surface area contributed by atoms with Crippen LogP contribution in [0.4, 0.5) is 0 Å². The summed E-state index contributed by atoms with van der Waals surface area (Å²) in [7, 11) is 1.97. The van der Waals surface area contributed by atoms with Crippen molar-refractivity contribution in [2.45, 2.75) is 0 Å². The number of aryl methyl sites for hydroxylation is 1. The molecule has 0 aromatic carbocycles. The van der Waals surface area contributed by atoms with Crippen LogP contribution in [0.15, 0.2) is 24.0 Å². The van der Waals surface area contributed by atoms with Gasteiger partial charge in [0.05, 0.1) is 6.20 Å². The third-order valence-electron chi connectivity index (χ3n) is 1.51. The largest absolute Gasteiger partial charge is 0.334 e. The zero-order valence-electron chi connectivity index (χ0n) is 6.06. The predicted molar refractivity (Wildman–Crippen MR) is 44.3 cm³/mol. The van der Waals surface area contributed by atoms with Crippen LogP contribution < -0.4 is 0 Å². The lowest BCUT2D eigenvalue weighted by molar-refractivity contribution is 0.925. The third kappa shape index (κ3) is 1.05. The second-order valence-corrected chi connectivity index (χ2v) is 2.93. The minimum Gasteiger partial charge on any atom is -0.334 e. The van der Waals surface area contributed by atoms with Gasteiger partial charge in [0.15, 0.2) is 0 Å². The number of rotatable bonds is 1. The van der Waals surface area contributed by atoms with Crippen molar-refractivity contribution in [2.24, 2.45) is 7.05 Å². The smallest absolute Gasteiger partial charge is 0.142 e. The van der Waals surface area contributed by atoms with E-state index in [-0.39, 0.29) is 0 Å². The lowest BCUT2D eigenvalue weighted by Crippen LogP contribution is -1.88. The molecule has 0 saturated heterocycles. The lowest BCUT2D eigenvalue weighted by Gasteiger charge is -1.94. The van der Waals surface area contributed by atoms with Crippen LogP contribution in [0.3, 0.4) is 0 Å². The first-order chi connectivity index (χ1) is 5.38. The van der Waals surface area contributed by atoms with Crippen molar-refractivity contribution in [1.29, 1.82) is 0 Å². The first-order valence-corrected chi connectivity index (χ1v) is 4.08. The molecule has 0 aliphatic carbocycles. The molecule has 2 aromatic heterocycles. The molecule has 2 rings (SSSR count). The highest BCUT2D eigenvalue weighted by molar-refractivity contribution is 7.03. The minimum absolute atomic E-state index is 0.971. The molecule has 2 heterocycles. The van der Waals surface area contributed by atoms with Crippen LogP contribution in [-0.4, -0.2) is 13.9 Å². The van der Waals surface area contributed by atoms with Crippen LogP contribution >= 0.6 is 11.5 Å². The van der Waals surface area contributed by atoms with Crippen LogP contribution in [0.1, 0.15) is 0 Å². The van der Waals surface area contributed by atoms with Gasteiger partial charge in [-0.15, -0.1) is 0 Å². The molecule has 0 amide bonds. The van der Waals surface area contributed by atoms with Crippen LogP contribution in [0.25, 0.3) is 11.4 Å². The fourth-order valence-electron chi connectivity index (χ4n) is 0.959. The van der Waals surface area contributed by atoms with Gasteiger partial charge in [-0.3, -0.25) is 0 Å². The van der Waals surface area contributed by atoms with Crippen LogP contribution in [0, 0.1) is 0 Å². The molecule has 0 atom stereocenters. The van der Waals surface area contributed by atoms with Gasteiger partial charge in [-0.05, 0) is 11.5 Å². The Bertz CT molecular complexity index is 336. The molecular formula is C7H7N3S. The second kappa shape index (κ2) is 2.47. The first-order valence-electron chi connectivity index (χ1n) is 3.25. The maximum Gasteiger partial charge on any atom is 0.142 e.